The van der Waals surface area contributed by atoms with Crippen LogP contribution < -0.4 is 0 Å². The maximum absolute atomic E-state index is 13.6. The predicted molar refractivity (Wildman–Crippen MR) is 135 cm³/mol. The molecule has 4 saturated carbocycles. The zero-order chi connectivity index (χ0) is 25.1. The first kappa shape index (κ1) is 25.9. The minimum absolute atomic E-state index is 0.000459. The SMILES string of the molecule is CC(=O)O[C@H]1CC[C@]2(C)[C@@H]3CC[C@@]4(C)[C@H](CC[C@H]4[C@H](C)/C=C/[C@H](C)C(C)C)[C@H]3CC(=O)[C@@]2(O)C1. The summed E-state index contributed by atoms with van der Waals surface area (Å²) in [7, 11) is 0. The van der Waals surface area contributed by atoms with Gasteiger partial charge in [0, 0.05) is 25.2 Å². The average Bonchev–Trinajstić information content (AvgIpc) is 3.11. The first-order valence-corrected chi connectivity index (χ1v) is 13.9. The fraction of sp³-hybridized carbons (Fsp3) is 0.867. The number of fused-ring (bicyclic) bond motifs is 5. The highest BCUT2D eigenvalue weighted by atomic mass is 16.5. The molecule has 34 heavy (non-hydrogen) atoms. The molecule has 10 atom stereocenters. The first-order chi connectivity index (χ1) is 15.8. The molecule has 0 heterocycles. The second kappa shape index (κ2) is 9.05. The zero-order valence-electron chi connectivity index (χ0n) is 22.6. The Morgan fingerprint density at radius 1 is 1.03 bits per heavy atom. The van der Waals surface area contributed by atoms with Crippen LogP contribution in [0.1, 0.15) is 99.8 Å². The summed E-state index contributed by atoms with van der Waals surface area (Å²) >= 11 is 0. The number of esters is 1. The van der Waals surface area contributed by atoms with E-state index in [1.165, 1.54) is 26.2 Å². The summed E-state index contributed by atoms with van der Waals surface area (Å²) < 4.78 is 5.46. The van der Waals surface area contributed by atoms with Gasteiger partial charge in [-0.2, -0.15) is 0 Å². The lowest BCUT2D eigenvalue weighted by Crippen LogP contribution is -2.67. The third kappa shape index (κ3) is 4.00. The van der Waals surface area contributed by atoms with Crippen molar-refractivity contribution in [2.75, 3.05) is 0 Å². The molecule has 0 bridgehead atoms. The highest BCUT2D eigenvalue weighted by Crippen LogP contribution is 2.68. The van der Waals surface area contributed by atoms with Gasteiger partial charge in [-0.05, 0) is 85.4 Å². The van der Waals surface area contributed by atoms with Crippen molar-refractivity contribution in [3.05, 3.63) is 12.2 Å². The van der Waals surface area contributed by atoms with Crippen molar-refractivity contribution in [1.29, 1.82) is 0 Å². The number of Topliss-reactive ketones (excluding diaryl/α,β-unsaturated/α-hetero) is 1. The number of ketones is 1. The Bertz CT molecular complexity index is 832. The van der Waals surface area contributed by atoms with Crippen molar-refractivity contribution >= 4 is 11.8 Å². The maximum Gasteiger partial charge on any atom is 0.302 e. The van der Waals surface area contributed by atoms with E-state index >= 15 is 0 Å². The molecule has 4 rings (SSSR count). The van der Waals surface area contributed by atoms with Gasteiger partial charge < -0.3 is 9.84 Å². The van der Waals surface area contributed by atoms with Crippen LogP contribution in [-0.2, 0) is 14.3 Å². The molecule has 0 radical (unpaired) electrons. The van der Waals surface area contributed by atoms with E-state index in [0.29, 0.717) is 47.8 Å². The van der Waals surface area contributed by atoms with Crippen LogP contribution in [-0.4, -0.2) is 28.6 Å². The molecule has 4 aliphatic rings. The average molecular weight is 473 g/mol. The number of hydrogen-bond donors (Lipinski definition) is 1. The lowest BCUT2D eigenvalue weighted by molar-refractivity contribution is -0.217. The third-order valence-electron chi connectivity index (χ3n) is 11.4. The summed E-state index contributed by atoms with van der Waals surface area (Å²) in [5, 5.41) is 11.8. The molecule has 192 valence electrons. The largest absolute Gasteiger partial charge is 0.462 e. The Morgan fingerprint density at radius 2 is 1.74 bits per heavy atom. The van der Waals surface area contributed by atoms with E-state index in [1.807, 2.05) is 0 Å². The van der Waals surface area contributed by atoms with Crippen LogP contribution in [0, 0.1) is 52.3 Å². The highest BCUT2D eigenvalue weighted by Gasteiger charge is 2.68. The van der Waals surface area contributed by atoms with Crippen molar-refractivity contribution in [1.82, 2.24) is 0 Å². The molecule has 4 heteroatoms. The number of ether oxygens (including phenoxy) is 1. The van der Waals surface area contributed by atoms with E-state index in [9.17, 15) is 14.7 Å². The highest BCUT2D eigenvalue weighted by molar-refractivity contribution is 5.89. The summed E-state index contributed by atoms with van der Waals surface area (Å²) in [6.45, 7) is 15.4. The van der Waals surface area contributed by atoms with Gasteiger partial charge in [0.05, 0.1) is 0 Å². The molecular formula is C30H48O4. The van der Waals surface area contributed by atoms with Crippen LogP contribution in [0.3, 0.4) is 0 Å². The lowest BCUT2D eigenvalue weighted by Gasteiger charge is -2.63. The molecular weight excluding hydrogens is 424 g/mol. The summed E-state index contributed by atoms with van der Waals surface area (Å²) in [5.74, 6) is 3.46. The van der Waals surface area contributed by atoms with E-state index in [1.54, 1.807) is 0 Å². The van der Waals surface area contributed by atoms with Gasteiger partial charge in [-0.3, -0.25) is 9.59 Å². The van der Waals surface area contributed by atoms with Crippen LogP contribution in [0.25, 0.3) is 0 Å². The molecule has 0 amide bonds. The molecule has 0 aromatic carbocycles. The predicted octanol–water partition coefficient (Wildman–Crippen LogP) is 6.36. The molecule has 4 fully saturated rings. The van der Waals surface area contributed by atoms with Gasteiger partial charge in [-0.25, -0.2) is 0 Å². The molecule has 0 aliphatic heterocycles. The van der Waals surface area contributed by atoms with Crippen molar-refractivity contribution in [3.63, 3.8) is 0 Å². The van der Waals surface area contributed by atoms with Crippen LogP contribution >= 0.6 is 0 Å². The molecule has 0 saturated heterocycles. The summed E-state index contributed by atoms with van der Waals surface area (Å²) in [4.78, 5) is 25.1. The standard InChI is InChI=1S/C30H48O4/c1-18(2)19(3)8-9-20(4)24-10-11-25-23-16-27(32)30(33)17-22(34-21(5)31)12-15-29(30,7)26(23)13-14-28(24,25)6/h8-9,18-20,22-26,33H,10-17H2,1-7H3/b9-8+/t19-,20+,22-,23+,24-,25+,26+,28+,29+,30-/m0/s1. The van der Waals surface area contributed by atoms with Gasteiger partial charge >= 0.3 is 5.97 Å². The van der Waals surface area contributed by atoms with Crippen LogP contribution in [0.5, 0.6) is 0 Å². The molecule has 0 aromatic rings. The van der Waals surface area contributed by atoms with Crippen molar-refractivity contribution in [3.8, 4) is 0 Å². The Hall–Kier alpha value is -1.16. The van der Waals surface area contributed by atoms with E-state index in [2.05, 4.69) is 53.7 Å². The normalized spacial score (nSPS) is 46.0. The Morgan fingerprint density at radius 3 is 2.38 bits per heavy atom. The second-order valence-corrected chi connectivity index (χ2v) is 13.3. The number of carbonyl (C=O) groups is 2. The van der Waals surface area contributed by atoms with Gasteiger partial charge in [0.2, 0.25) is 0 Å². The van der Waals surface area contributed by atoms with Crippen molar-refractivity contribution < 1.29 is 19.4 Å². The first-order valence-electron chi connectivity index (χ1n) is 13.9. The van der Waals surface area contributed by atoms with Gasteiger partial charge in [0.15, 0.2) is 5.78 Å². The van der Waals surface area contributed by atoms with E-state index < -0.39 is 11.0 Å². The van der Waals surface area contributed by atoms with Gasteiger partial charge in [-0.15, -0.1) is 0 Å². The quantitative estimate of drug-likeness (QED) is 0.374. The number of allylic oxidation sites excluding steroid dienone is 2. The number of carbonyl (C=O) groups excluding carboxylic acids is 2. The molecule has 1 N–H and O–H groups in total. The van der Waals surface area contributed by atoms with E-state index in [0.717, 1.165) is 19.3 Å². The Kier molecular flexibility index (Phi) is 6.90. The fourth-order valence-electron chi connectivity index (χ4n) is 8.95. The second-order valence-electron chi connectivity index (χ2n) is 13.3. The zero-order valence-corrected chi connectivity index (χ0v) is 22.6. The number of rotatable bonds is 5. The minimum atomic E-state index is -1.36. The van der Waals surface area contributed by atoms with Gasteiger partial charge in [0.1, 0.15) is 11.7 Å². The lowest BCUT2D eigenvalue weighted by atomic mass is 9.42. The maximum atomic E-state index is 13.6. The molecule has 4 aliphatic carbocycles. The topological polar surface area (TPSA) is 63.6 Å². The van der Waals surface area contributed by atoms with Crippen LogP contribution in [0.4, 0.5) is 0 Å². The number of aliphatic hydroxyl groups is 1. The van der Waals surface area contributed by atoms with Gasteiger partial charge in [0.25, 0.3) is 0 Å². The fourth-order valence-corrected chi connectivity index (χ4v) is 8.95. The Labute approximate surface area is 207 Å². The Balaban J connectivity index is 1.55. The smallest absolute Gasteiger partial charge is 0.302 e. The van der Waals surface area contributed by atoms with Crippen molar-refractivity contribution in [2.24, 2.45) is 52.3 Å². The molecule has 0 aromatic heterocycles. The summed E-state index contributed by atoms with van der Waals surface area (Å²) in [6, 6.07) is 0. The van der Waals surface area contributed by atoms with Crippen LogP contribution in [0.2, 0.25) is 0 Å². The molecule has 0 spiro atoms. The van der Waals surface area contributed by atoms with Gasteiger partial charge in [-0.1, -0.05) is 53.7 Å². The monoisotopic (exact) mass is 472 g/mol. The van der Waals surface area contributed by atoms with E-state index in [-0.39, 0.29) is 29.7 Å². The molecule has 4 nitrogen and oxygen atoms in total. The number of hydrogen-bond acceptors (Lipinski definition) is 4. The van der Waals surface area contributed by atoms with Crippen LogP contribution in [0.15, 0.2) is 12.2 Å². The summed E-state index contributed by atoms with van der Waals surface area (Å²) in [6.07, 6.45) is 11.5. The molecule has 0 unspecified atom stereocenters. The van der Waals surface area contributed by atoms with Crippen molar-refractivity contribution in [2.45, 2.75) is 112 Å². The minimum Gasteiger partial charge on any atom is -0.462 e. The third-order valence-corrected chi connectivity index (χ3v) is 11.4. The van der Waals surface area contributed by atoms with E-state index in [4.69, 9.17) is 4.74 Å². The summed E-state index contributed by atoms with van der Waals surface area (Å²) in [5.41, 5.74) is -1.50.